The molecule has 9 heteroatoms. The Labute approximate surface area is 219 Å². The van der Waals surface area contributed by atoms with Gasteiger partial charge in [0.05, 0.1) is 25.0 Å². The third-order valence-corrected chi connectivity index (χ3v) is 10.9. The summed E-state index contributed by atoms with van der Waals surface area (Å²) in [7, 11) is -0.370. The van der Waals surface area contributed by atoms with Crippen molar-refractivity contribution in [2.24, 2.45) is 0 Å². The molecule has 37 heavy (non-hydrogen) atoms. The highest BCUT2D eigenvalue weighted by Gasteiger charge is 2.37. The second-order valence-corrected chi connectivity index (χ2v) is 15.1. The molecule has 0 bridgehead atoms. The maximum Gasteiger partial charge on any atom is 0.340 e. The molecule has 0 spiro atoms. The maximum absolute atomic E-state index is 12.2. The number of benzene rings is 2. The number of rotatable bonds is 10. The fourth-order valence-corrected chi connectivity index (χ4v) is 4.06. The van der Waals surface area contributed by atoms with E-state index in [-0.39, 0.29) is 17.4 Å². The van der Waals surface area contributed by atoms with Gasteiger partial charge in [-0.2, -0.15) is 0 Å². The molecule has 1 N–H and O–H groups in total. The third kappa shape index (κ3) is 7.38. The fraction of sp³-hybridized carbons (Fsp3) is 0.393. The van der Waals surface area contributed by atoms with E-state index in [4.69, 9.17) is 18.6 Å². The van der Waals surface area contributed by atoms with Gasteiger partial charge in [0, 0.05) is 6.20 Å². The first-order valence-electron chi connectivity index (χ1n) is 12.2. The van der Waals surface area contributed by atoms with Gasteiger partial charge in [-0.3, -0.25) is 0 Å². The van der Waals surface area contributed by atoms with E-state index in [2.05, 4.69) is 43.8 Å². The van der Waals surface area contributed by atoms with Crippen LogP contribution in [-0.4, -0.2) is 42.6 Å². The molecular weight excluding hydrogens is 488 g/mol. The van der Waals surface area contributed by atoms with Crippen molar-refractivity contribution >= 4 is 14.3 Å². The molecule has 1 atom stereocenters. The number of esters is 1. The monoisotopic (exact) mass is 524 g/mol. The third-order valence-electron chi connectivity index (χ3n) is 6.40. The molecule has 0 aliphatic carbocycles. The Bertz CT molecular complexity index is 1220. The van der Waals surface area contributed by atoms with Crippen molar-refractivity contribution < 1.29 is 28.5 Å². The van der Waals surface area contributed by atoms with Crippen molar-refractivity contribution in [3.8, 4) is 28.6 Å². The van der Waals surface area contributed by atoms with Crippen molar-refractivity contribution in [3.05, 3.63) is 66.0 Å². The maximum atomic E-state index is 12.2. The minimum atomic E-state index is -1.97. The lowest BCUT2D eigenvalue weighted by Crippen LogP contribution is -2.40. The summed E-state index contributed by atoms with van der Waals surface area (Å²) in [4.78, 5) is 21.1. The largest absolute Gasteiger partial charge is 0.496 e. The number of nitrogens with zero attached hydrogens (tertiary/aromatic N) is 2. The molecule has 0 aliphatic rings. The number of ether oxygens (including phenoxy) is 3. The Hall–Kier alpha value is -3.27. The van der Waals surface area contributed by atoms with Crippen LogP contribution < -0.4 is 14.2 Å². The summed E-state index contributed by atoms with van der Waals surface area (Å²) in [6.45, 7) is 12.7. The molecule has 1 heterocycles. The predicted octanol–water partition coefficient (Wildman–Crippen LogP) is 5.54. The topological polar surface area (TPSA) is 100 Å². The van der Waals surface area contributed by atoms with Crippen LogP contribution in [0.25, 0.3) is 11.4 Å². The van der Waals surface area contributed by atoms with Crippen LogP contribution in [0, 0.1) is 0 Å². The van der Waals surface area contributed by atoms with Gasteiger partial charge in [0.25, 0.3) is 0 Å². The molecule has 2 aromatic carbocycles. The summed E-state index contributed by atoms with van der Waals surface area (Å²) in [5.41, 5.74) is 2.24. The molecule has 0 saturated carbocycles. The molecule has 0 aliphatic heterocycles. The zero-order valence-electron chi connectivity index (χ0n) is 22.6. The Kier molecular flexibility index (Phi) is 9.06. The molecule has 0 saturated heterocycles. The van der Waals surface area contributed by atoms with E-state index < -0.39 is 20.4 Å². The van der Waals surface area contributed by atoms with Crippen LogP contribution in [0.4, 0.5) is 0 Å². The van der Waals surface area contributed by atoms with Crippen LogP contribution in [0.1, 0.15) is 39.0 Å². The van der Waals surface area contributed by atoms with Crippen molar-refractivity contribution in [1.29, 1.82) is 0 Å². The molecular formula is C28H36N2O6Si. The van der Waals surface area contributed by atoms with Crippen LogP contribution in [-0.2, 0) is 22.4 Å². The van der Waals surface area contributed by atoms with E-state index >= 15 is 0 Å². The van der Waals surface area contributed by atoms with Gasteiger partial charge in [0.2, 0.25) is 0 Å². The lowest BCUT2D eigenvalue weighted by molar-refractivity contribution is -0.142. The Morgan fingerprint density at radius 1 is 1.03 bits per heavy atom. The number of aliphatic hydroxyl groups is 1. The van der Waals surface area contributed by atoms with E-state index in [0.29, 0.717) is 29.6 Å². The van der Waals surface area contributed by atoms with Crippen molar-refractivity contribution in [3.63, 3.8) is 0 Å². The Morgan fingerprint density at radius 3 is 2.43 bits per heavy atom. The highest BCUT2D eigenvalue weighted by atomic mass is 28.4. The number of methoxy groups -OCH3 is 1. The van der Waals surface area contributed by atoms with Gasteiger partial charge in [-0.05, 0) is 61.0 Å². The SMILES string of the molecule is COc1ccccc1-c1nccc(COc2ccc(CO[Si](C)(C)C(C)(C)C)cc2OC(=O)C(C)O)n1. The first-order chi connectivity index (χ1) is 17.4. The van der Waals surface area contributed by atoms with E-state index in [1.54, 1.807) is 31.5 Å². The number of aliphatic hydroxyl groups excluding tert-OH is 1. The average Bonchev–Trinajstić information content (AvgIpc) is 2.86. The van der Waals surface area contributed by atoms with Crippen LogP contribution in [0.5, 0.6) is 17.2 Å². The summed E-state index contributed by atoms with van der Waals surface area (Å²) in [5, 5.41) is 9.74. The number of aromatic nitrogens is 2. The minimum Gasteiger partial charge on any atom is -0.496 e. The van der Waals surface area contributed by atoms with E-state index in [1.807, 2.05) is 30.3 Å². The van der Waals surface area contributed by atoms with Gasteiger partial charge < -0.3 is 23.7 Å². The molecule has 3 rings (SSSR count). The molecule has 8 nitrogen and oxygen atoms in total. The molecule has 1 unspecified atom stereocenters. The molecule has 198 valence electrons. The second kappa shape index (κ2) is 11.8. The number of para-hydroxylation sites is 1. The van der Waals surface area contributed by atoms with Crippen molar-refractivity contribution in [2.75, 3.05) is 7.11 Å². The number of hydrogen-bond acceptors (Lipinski definition) is 8. The standard InChI is InChI=1S/C28H36N2O6Si/c1-19(31)27(32)36-25-16-20(17-35-37(6,7)28(2,3)4)12-13-24(25)34-18-21-14-15-29-26(30-21)22-10-8-9-11-23(22)33-5/h8-16,19,31H,17-18H2,1-7H3. The number of carbonyl (C=O) groups is 1. The first-order valence-corrected chi connectivity index (χ1v) is 15.1. The lowest BCUT2D eigenvalue weighted by atomic mass is 10.2. The Balaban J connectivity index is 1.81. The zero-order valence-corrected chi connectivity index (χ0v) is 23.6. The zero-order chi connectivity index (χ0) is 27.2. The van der Waals surface area contributed by atoms with Crippen LogP contribution in [0.3, 0.4) is 0 Å². The fourth-order valence-electron chi connectivity index (χ4n) is 3.10. The minimum absolute atomic E-state index is 0.0673. The predicted molar refractivity (Wildman–Crippen MR) is 144 cm³/mol. The highest BCUT2D eigenvalue weighted by Crippen LogP contribution is 2.38. The quantitative estimate of drug-likeness (QED) is 0.210. The summed E-state index contributed by atoms with van der Waals surface area (Å²) in [6.07, 6.45) is 0.383. The van der Waals surface area contributed by atoms with Gasteiger partial charge in [0.15, 0.2) is 25.6 Å². The summed E-state index contributed by atoms with van der Waals surface area (Å²) >= 11 is 0. The summed E-state index contributed by atoms with van der Waals surface area (Å²) < 4.78 is 23.2. The number of carbonyl (C=O) groups excluding carboxylic acids is 1. The molecule has 0 fully saturated rings. The Morgan fingerprint density at radius 2 is 1.76 bits per heavy atom. The second-order valence-electron chi connectivity index (χ2n) is 10.3. The van der Waals surface area contributed by atoms with E-state index in [0.717, 1.165) is 11.1 Å². The van der Waals surface area contributed by atoms with Gasteiger partial charge in [-0.15, -0.1) is 0 Å². The summed E-state index contributed by atoms with van der Waals surface area (Å²) in [6, 6.07) is 14.6. The highest BCUT2D eigenvalue weighted by molar-refractivity contribution is 6.74. The van der Waals surface area contributed by atoms with E-state index in [9.17, 15) is 9.90 Å². The van der Waals surface area contributed by atoms with Crippen molar-refractivity contribution in [1.82, 2.24) is 9.97 Å². The molecule has 3 aromatic rings. The van der Waals surface area contributed by atoms with Gasteiger partial charge in [-0.1, -0.05) is 39.0 Å². The molecule has 0 radical (unpaired) electrons. The smallest absolute Gasteiger partial charge is 0.340 e. The van der Waals surface area contributed by atoms with Crippen LogP contribution >= 0.6 is 0 Å². The van der Waals surface area contributed by atoms with Gasteiger partial charge in [-0.25, -0.2) is 14.8 Å². The molecule has 1 aromatic heterocycles. The van der Waals surface area contributed by atoms with Crippen LogP contribution in [0.2, 0.25) is 18.1 Å². The average molecular weight is 525 g/mol. The van der Waals surface area contributed by atoms with Gasteiger partial charge in [0.1, 0.15) is 18.5 Å². The number of hydrogen-bond donors (Lipinski definition) is 1. The van der Waals surface area contributed by atoms with Crippen LogP contribution in [0.15, 0.2) is 54.7 Å². The van der Waals surface area contributed by atoms with Crippen molar-refractivity contribution in [2.45, 2.75) is 65.1 Å². The first kappa shape index (κ1) is 28.3. The summed E-state index contributed by atoms with van der Waals surface area (Å²) in [5.74, 6) is 0.970. The van der Waals surface area contributed by atoms with Gasteiger partial charge >= 0.3 is 5.97 Å². The van der Waals surface area contributed by atoms with E-state index in [1.165, 1.54) is 6.92 Å². The lowest BCUT2D eigenvalue weighted by Gasteiger charge is -2.36. The normalized spacial score (nSPS) is 12.6. The molecule has 0 amide bonds.